The number of nitrogens with one attached hydrogen (secondary N) is 2. The van der Waals surface area contributed by atoms with E-state index >= 15 is 0 Å². The van der Waals surface area contributed by atoms with Crippen LogP contribution in [0, 0.1) is 6.92 Å². The zero-order chi connectivity index (χ0) is 28.2. The lowest BCUT2D eigenvalue weighted by Crippen LogP contribution is -2.52. The van der Waals surface area contributed by atoms with E-state index in [1.165, 1.54) is 10.7 Å². The third-order valence-electron chi connectivity index (χ3n) is 6.81. The molecule has 1 aliphatic carbocycles. The van der Waals surface area contributed by atoms with E-state index in [2.05, 4.69) is 15.7 Å². The highest BCUT2D eigenvalue weighted by atomic mass is 32.2. The van der Waals surface area contributed by atoms with Crippen LogP contribution in [0.5, 0.6) is 5.75 Å². The molecule has 2 N–H and O–H groups in total. The van der Waals surface area contributed by atoms with E-state index in [0.29, 0.717) is 24.1 Å². The number of ether oxygens (including phenoxy) is 1. The molecule has 0 saturated heterocycles. The summed E-state index contributed by atoms with van der Waals surface area (Å²) in [5.41, 5.74) is 2.65. The molecule has 0 radical (unpaired) electrons. The van der Waals surface area contributed by atoms with Gasteiger partial charge in [-0.1, -0.05) is 30.3 Å². The summed E-state index contributed by atoms with van der Waals surface area (Å²) in [5, 5.41) is 10.3. The number of rotatable bonds is 6. The molecule has 1 atom stereocenters. The van der Waals surface area contributed by atoms with Gasteiger partial charge in [-0.25, -0.2) is 8.42 Å². The maximum Gasteiger partial charge on any atom is 0.422 e. The number of halogens is 3. The predicted octanol–water partition coefficient (Wildman–Crippen LogP) is 3.37. The molecule has 39 heavy (non-hydrogen) atoms. The lowest BCUT2D eigenvalue weighted by molar-refractivity contribution is -0.153. The number of carbonyl (C=O) groups excluding carboxylic acids is 2. The first kappa shape index (κ1) is 26.7. The van der Waals surface area contributed by atoms with Gasteiger partial charge < -0.3 is 15.4 Å². The smallest absolute Gasteiger partial charge is 0.422 e. The van der Waals surface area contributed by atoms with Gasteiger partial charge in [-0.3, -0.25) is 14.3 Å². The summed E-state index contributed by atoms with van der Waals surface area (Å²) in [4.78, 5) is 26.2. The van der Waals surface area contributed by atoms with Gasteiger partial charge >= 0.3 is 6.18 Å². The summed E-state index contributed by atoms with van der Waals surface area (Å²) < 4.78 is 67.6. The lowest BCUT2D eigenvalue weighted by Gasteiger charge is -2.36. The normalized spacial score (nSPS) is 18.4. The molecule has 0 fully saturated rings. The van der Waals surface area contributed by atoms with Crippen LogP contribution in [0.2, 0.25) is 0 Å². The van der Waals surface area contributed by atoms with Gasteiger partial charge in [0.05, 0.1) is 12.1 Å². The molecular formula is C26H25F3N4O5S. The standard InChI is InChI=1S/C26H25F3N4O5S/c1-15-5-3-4-6-18(15)21-22(30-20(34)12-39(2,36)37)23-24(35)31-25(13-33(23)32-21)10-9-16-11-17(7-8-19(16)25)38-14-26(27,28)29/h3-8,11H,9-10,12-14H2,1-2H3,(H,30,34)(H,31,35)/t25-/m0/s1. The Morgan fingerprint density at radius 2 is 1.97 bits per heavy atom. The lowest BCUT2D eigenvalue weighted by atomic mass is 9.89. The number of amides is 2. The average molecular weight is 563 g/mol. The first-order valence-electron chi connectivity index (χ1n) is 12.0. The molecule has 1 spiro atoms. The van der Waals surface area contributed by atoms with E-state index in [-0.39, 0.29) is 23.7 Å². The van der Waals surface area contributed by atoms with Gasteiger partial charge in [-0.15, -0.1) is 0 Å². The maximum absolute atomic E-state index is 13.6. The highest BCUT2D eigenvalue weighted by Gasteiger charge is 2.46. The van der Waals surface area contributed by atoms with Crippen LogP contribution in [0.1, 0.15) is 33.6 Å². The molecule has 1 aromatic heterocycles. The Morgan fingerprint density at radius 1 is 1.23 bits per heavy atom. The van der Waals surface area contributed by atoms with Gasteiger partial charge in [0.15, 0.2) is 22.1 Å². The van der Waals surface area contributed by atoms with Crippen molar-refractivity contribution in [2.75, 3.05) is 23.9 Å². The van der Waals surface area contributed by atoms with Crippen molar-refractivity contribution in [1.82, 2.24) is 15.1 Å². The number of aromatic nitrogens is 2. The molecular weight excluding hydrogens is 537 g/mol. The number of aryl methyl sites for hydroxylation is 2. The molecule has 1 aliphatic heterocycles. The van der Waals surface area contributed by atoms with Crippen LogP contribution < -0.4 is 15.4 Å². The number of fused-ring (bicyclic) bond motifs is 3. The van der Waals surface area contributed by atoms with Gasteiger partial charge in [-0.05, 0) is 48.6 Å². The Kier molecular flexibility index (Phi) is 6.44. The van der Waals surface area contributed by atoms with Gasteiger partial charge in [0.25, 0.3) is 5.91 Å². The summed E-state index contributed by atoms with van der Waals surface area (Å²) in [6, 6.07) is 11.9. The van der Waals surface area contributed by atoms with Crippen molar-refractivity contribution in [3.63, 3.8) is 0 Å². The highest BCUT2D eigenvalue weighted by Crippen LogP contribution is 2.44. The second-order valence-electron chi connectivity index (χ2n) is 9.92. The maximum atomic E-state index is 13.6. The van der Waals surface area contributed by atoms with Gasteiger partial charge in [-0.2, -0.15) is 18.3 Å². The minimum atomic E-state index is -4.46. The molecule has 2 aromatic carbocycles. The summed E-state index contributed by atoms with van der Waals surface area (Å²) in [6.07, 6.45) is -2.54. The minimum Gasteiger partial charge on any atom is -0.484 e. The highest BCUT2D eigenvalue weighted by molar-refractivity contribution is 7.91. The van der Waals surface area contributed by atoms with E-state index in [9.17, 15) is 31.2 Å². The van der Waals surface area contributed by atoms with Crippen LogP contribution >= 0.6 is 0 Å². The third-order valence-corrected chi connectivity index (χ3v) is 7.60. The van der Waals surface area contributed by atoms with E-state index in [0.717, 1.165) is 22.9 Å². The fourth-order valence-electron chi connectivity index (χ4n) is 5.21. The molecule has 0 bridgehead atoms. The predicted molar refractivity (Wildman–Crippen MR) is 136 cm³/mol. The monoisotopic (exact) mass is 562 g/mol. The van der Waals surface area contributed by atoms with E-state index in [1.807, 2.05) is 19.1 Å². The molecule has 2 amide bonds. The topological polar surface area (TPSA) is 119 Å². The molecule has 206 valence electrons. The molecule has 3 aromatic rings. The zero-order valence-corrected chi connectivity index (χ0v) is 21.9. The largest absolute Gasteiger partial charge is 0.484 e. The van der Waals surface area contributed by atoms with Gasteiger partial charge in [0, 0.05) is 11.8 Å². The van der Waals surface area contributed by atoms with Crippen LogP contribution in [0.25, 0.3) is 11.3 Å². The summed E-state index contributed by atoms with van der Waals surface area (Å²) in [6.45, 7) is 0.646. The van der Waals surface area contributed by atoms with Crippen molar-refractivity contribution in [3.05, 3.63) is 64.8 Å². The van der Waals surface area contributed by atoms with Crippen LogP contribution in [-0.2, 0) is 33.1 Å². The first-order valence-corrected chi connectivity index (χ1v) is 14.1. The summed E-state index contributed by atoms with van der Waals surface area (Å²) >= 11 is 0. The van der Waals surface area contributed by atoms with E-state index < -0.39 is 45.7 Å². The molecule has 9 nitrogen and oxygen atoms in total. The summed E-state index contributed by atoms with van der Waals surface area (Å²) in [7, 11) is -3.63. The van der Waals surface area contributed by atoms with Crippen molar-refractivity contribution in [3.8, 4) is 17.0 Å². The SMILES string of the molecule is Cc1ccccc1-c1nn2c(c1NC(=O)CS(C)(=O)=O)C(=O)N[C@@]1(CCc3cc(OCC(F)(F)F)ccc31)C2. The molecule has 5 rings (SSSR count). The van der Waals surface area contributed by atoms with Crippen LogP contribution in [-0.4, -0.2) is 54.8 Å². The number of hydrogen-bond donors (Lipinski definition) is 2. The number of alkyl halides is 3. The van der Waals surface area contributed by atoms with Crippen molar-refractivity contribution in [2.45, 2.75) is 38.0 Å². The molecule has 0 saturated carbocycles. The van der Waals surface area contributed by atoms with Crippen molar-refractivity contribution in [2.24, 2.45) is 0 Å². The Bertz CT molecular complexity index is 1600. The van der Waals surface area contributed by atoms with Crippen molar-refractivity contribution in [1.29, 1.82) is 0 Å². The molecule has 13 heteroatoms. The molecule has 2 aliphatic rings. The van der Waals surface area contributed by atoms with E-state index in [4.69, 9.17) is 4.74 Å². The quantitative estimate of drug-likeness (QED) is 0.476. The van der Waals surface area contributed by atoms with Crippen LogP contribution in [0.4, 0.5) is 18.9 Å². The third kappa shape index (κ3) is 5.35. The Balaban J connectivity index is 1.53. The number of carbonyl (C=O) groups is 2. The molecule has 0 unspecified atom stereocenters. The van der Waals surface area contributed by atoms with Crippen LogP contribution in [0.3, 0.4) is 0 Å². The number of anilines is 1. The van der Waals surface area contributed by atoms with Gasteiger partial charge in [0.1, 0.15) is 22.9 Å². The Hall–Kier alpha value is -3.87. The van der Waals surface area contributed by atoms with Gasteiger partial charge in [0.2, 0.25) is 5.91 Å². The summed E-state index contributed by atoms with van der Waals surface area (Å²) in [5.74, 6) is -1.99. The molecule has 2 heterocycles. The van der Waals surface area contributed by atoms with Crippen molar-refractivity contribution < 1.29 is 35.9 Å². The minimum absolute atomic E-state index is 0.0827. The Morgan fingerprint density at radius 3 is 2.67 bits per heavy atom. The fourth-order valence-corrected chi connectivity index (χ4v) is 5.76. The van der Waals surface area contributed by atoms with Crippen LogP contribution in [0.15, 0.2) is 42.5 Å². The number of sulfone groups is 1. The number of benzene rings is 2. The first-order chi connectivity index (χ1) is 18.2. The Labute approximate surface area is 222 Å². The second-order valence-corrected chi connectivity index (χ2v) is 12.1. The number of hydrogen-bond acceptors (Lipinski definition) is 6. The number of nitrogens with zero attached hydrogens (tertiary/aromatic N) is 2. The van der Waals surface area contributed by atoms with Crippen molar-refractivity contribution >= 4 is 27.3 Å². The van der Waals surface area contributed by atoms with E-state index in [1.54, 1.807) is 24.3 Å². The average Bonchev–Trinajstić information content (AvgIpc) is 3.34. The fraction of sp³-hybridized carbons (Fsp3) is 0.346. The zero-order valence-electron chi connectivity index (χ0n) is 21.1. The second kappa shape index (κ2) is 9.40.